The first-order chi connectivity index (χ1) is 6.75. The average Bonchev–Trinajstić information content (AvgIpc) is 2.59. The Morgan fingerprint density at radius 2 is 2.36 bits per heavy atom. The van der Waals surface area contributed by atoms with Crippen LogP contribution in [0.25, 0.3) is 5.57 Å². The van der Waals surface area contributed by atoms with Crippen molar-refractivity contribution in [3.63, 3.8) is 0 Å². The van der Waals surface area contributed by atoms with Gasteiger partial charge in [0.15, 0.2) is 0 Å². The summed E-state index contributed by atoms with van der Waals surface area (Å²) >= 11 is 1.83. The fraction of sp³-hybridized carbons (Fsp3) is 0.500. The van der Waals surface area contributed by atoms with Crippen LogP contribution < -0.4 is 5.32 Å². The highest BCUT2D eigenvalue weighted by Gasteiger charge is 2.00. The topological polar surface area (TPSA) is 12.0 Å². The molecule has 78 valence electrons. The Balaban J connectivity index is 2.48. The summed E-state index contributed by atoms with van der Waals surface area (Å²) in [5.41, 5.74) is 2.81. The Hall–Kier alpha value is -0.600. The summed E-state index contributed by atoms with van der Waals surface area (Å²) in [6.45, 7) is 8.65. The number of allylic oxidation sites excluding steroid dienone is 1. The van der Waals surface area contributed by atoms with Crippen LogP contribution in [0.1, 0.15) is 30.7 Å². The number of aryl methyl sites for hydroxylation is 1. The number of hydrogen-bond acceptors (Lipinski definition) is 2. The first kappa shape index (κ1) is 11.5. The van der Waals surface area contributed by atoms with E-state index in [0.29, 0.717) is 0 Å². The molecule has 2 heteroatoms. The first-order valence-corrected chi connectivity index (χ1v) is 6.05. The second-order valence-electron chi connectivity index (χ2n) is 3.46. The molecule has 0 fully saturated rings. The second kappa shape index (κ2) is 5.99. The second-order valence-corrected chi connectivity index (χ2v) is 4.38. The van der Waals surface area contributed by atoms with Crippen molar-refractivity contribution in [2.24, 2.45) is 0 Å². The number of hydrogen-bond donors (Lipinski definition) is 1. The van der Waals surface area contributed by atoms with E-state index in [1.54, 1.807) is 0 Å². The highest BCUT2D eigenvalue weighted by atomic mass is 32.1. The van der Waals surface area contributed by atoms with Gasteiger partial charge in [-0.15, -0.1) is 11.3 Å². The van der Waals surface area contributed by atoms with Gasteiger partial charge in [-0.05, 0) is 55.9 Å². The summed E-state index contributed by atoms with van der Waals surface area (Å²) in [7, 11) is 0. The lowest BCUT2D eigenvalue weighted by atomic mass is 10.1. The van der Waals surface area contributed by atoms with E-state index in [9.17, 15) is 0 Å². The van der Waals surface area contributed by atoms with Crippen molar-refractivity contribution in [1.29, 1.82) is 0 Å². The van der Waals surface area contributed by atoms with Gasteiger partial charge in [0.1, 0.15) is 0 Å². The van der Waals surface area contributed by atoms with Crippen LogP contribution in [0, 0.1) is 6.92 Å². The molecule has 0 radical (unpaired) electrons. The summed E-state index contributed by atoms with van der Waals surface area (Å²) < 4.78 is 0. The molecule has 0 unspecified atom stereocenters. The predicted molar refractivity (Wildman–Crippen MR) is 65.9 cm³/mol. The molecular weight excluding hydrogens is 190 g/mol. The number of nitrogens with one attached hydrogen (secondary N) is 1. The van der Waals surface area contributed by atoms with Crippen LogP contribution in [0.2, 0.25) is 0 Å². The van der Waals surface area contributed by atoms with Crippen molar-refractivity contribution < 1.29 is 0 Å². The van der Waals surface area contributed by atoms with E-state index in [-0.39, 0.29) is 0 Å². The van der Waals surface area contributed by atoms with E-state index in [4.69, 9.17) is 0 Å². The Bertz CT molecular complexity index is 299. The third-order valence-corrected chi connectivity index (χ3v) is 3.39. The van der Waals surface area contributed by atoms with Crippen LogP contribution >= 0.6 is 11.3 Å². The van der Waals surface area contributed by atoms with Gasteiger partial charge in [0.2, 0.25) is 0 Å². The number of rotatable bonds is 5. The summed E-state index contributed by atoms with van der Waals surface area (Å²) in [5.74, 6) is 0. The molecule has 0 amide bonds. The zero-order valence-electron chi connectivity index (χ0n) is 9.26. The van der Waals surface area contributed by atoms with Gasteiger partial charge >= 0.3 is 0 Å². The normalized spacial score (nSPS) is 12.1. The molecule has 0 bridgehead atoms. The summed E-state index contributed by atoms with van der Waals surface area (Å²) in [6.07, 6.45) is 3.44. The zero-order valence-corrected chi connectivity index (χ0v) is 10.1. The van der Waals surface area contributed by atoms with Gasteiger partial charge in [-0.3, -0.25) is 0 Å². The average molecular weight is 209 g/mol. The molecule has 0 spiro atoms. The lowest BCUT2D eigenvalue weighted by Crippen LogP contribution is -2.13. The largest absolute Gasteiger partial charge is 0.317 e. The standard InChI is InChI=1S/C12H19NS/c1-4-13-8-5-6-10(2)12-11(3)7-9-14-12/h6-7,9,13H,4-5,8H2,1-3H3. The zero-order chi connectivity index (χ0) is 10.4. The molecule has 0 aliphatic carbocycles. The van der Waals surface area contributed by atoms with E-state index in [0.717, 1.165) is 19.5 Å². The van der Waals surface area contributed by atoms with Crippen molar-refractivity contribution in [3.8, 4) is 0 Å². The molecule has 1 heterocycles. The van der Waals surface area contributed by atoms with Crippen molar-refractivity contribution >= 4 is 16.9 Å². The van der Waals surface area contributed by atoms with Gasteiger partial charge in [0, 0.05) is 4.88 Å². The number of thiophene rings is 1. The Kier molecular flexibility index (Phi) is 4.91. The third-order valence-electron chi connectivity index (χ3n) is 2.24. The molecule has 0 saturated heterocycles. The minimum absolute atomic E-state index is 1.06. The highest BCUT2D eigenvalue weighted by Crippen LogP contribution is 2.24. The molecule has 1 aromatic heterocycles. The van der Waals surface area contributed by atoms with Gasteiger partial charge in [0.25, 0.3) is 0 Å². The van der Waals surface area contributed by atoms with Crippen LogP contribution in [0.15, 0.2) is 17.5 Å². The molecule has 0 aliphatic rings. The third kappa shape index (κ3) is 3.28. The van der Waals surface area contributed by atoms with Crippen LogP contribution in [0.3, 0.4) is 0 Å². The highest BCUT2D eigenvalue weighted by molar-refractivity contribution is 7.11. The van der Waals surface area contributed by atoms with Crippen molar-refractivity contribution in [1.82, 2.24) is 5.32 Å². The van der Waals surface area contributed by atoms with Gasteiger partial charge in [0.05, 0.1) is 0 Å². The lowest BCUT2D eigenvalue weighted by molar-refractivity contribution is 0.727. The molecule has 1 N–H and O–H groups in total. The predicted octanol–water partition coefficient (Wildman–Crippen LogP) is 3.46. The SMILES string of the molecule is CCNCCC=C(C)c1sccc1C. The van der Waals surface area contributed by atoms with Crippen molar-refractivity contribution in [2.75, 3.05) is 13.1 Å². The Labute approximate surface area is 90.9 Å². The van der Waals surface area contributed by atoms with Crippen LogP contribution in [0.5, 0.6) is 0 Å². The van der Waals surface area contributed by atoms with E-state index in [1.165, 1.54) is 16.0 Å². The smallest absolute Gasteiger partial charge is 0.0325 e. The fourth-order valence-electron chi connectivity index (χ4n) is 1.44. The van der Waals surface area contributed by atoms with Gasteiger partial charge < -0.3 is 5.32 Å². The van der Waals surface area contributed by atoms with Gasteiger partial charge in [-0.2, -0.15) is 0 Å². The Morgan fingerprint density at radius 3 is 2.93 bits per heavy atom. The maximum absolute atomic E-state index is 3.32. The molecule has 0 atom stereocenters. The van der Waals surface area contributed by atoms with Crippen LogP contribution in [-0.2, 0) is 0 Å². The monoisotopic (exact) mass is 209 g/mol. The molecule has 1 nitrogen and oxygen atoms in total. The minimum Gasteiger partial charge on any atom is -0.317 e. The van der Waals surface area contributed by atoms with E-state index < -0.39 is 0 Å². The van der Waals surface area contributed by atoms with E-state index >= 15 is 0 Å². The quantitative estimate of drug-likeness (QED) is 0.732. The van der Waals surface area contributed by atoms with E-state index in [1.807, 2.05) is 11.3 Å². The summed E-state index contributed by atoms with van der Waals surface area (Å²) in [6, 6.07) is 2.18. The Morgan fingerprint density at radius 1 is 1.57 bits per heavy atom. The van der Waals surface area contributed by atoms with Crippen LogP contribution in [0.4, 0.5) is 0 Å². The maximum atomic E-state index is 3.32. The molecule has 14 heavy (non-hydrogen) atoms. The maximum Gasteiger partial charge on any atom is 0.0325 e. The lowest BCUT2D eigenvalue weighted by Gasteiger charge is -2.01. The van der Waals surface area contributed by atoms with Crippen LogP contribution in [-0.4, -0.2) is 13.1 Å². The van der Waals surface area contributed by atoms with Crippen molar-refractivity contribution in [2.45, 2.75) is 27.2 Å². The minimum atomic E-state index is 1.06. The molecular formula is C12H19NS. The molecule has 0 aliphatic heterocycles. The molecule has 1 rings (SSSR count). The first-order valence-electron chi connectivity index (χ1n) is 5.17. The van der Waals surface area contributed by atoms with Gasteiger partial charge in [-0.1, -0.05) is 13.0 Å². The summed E-state index contributed by atoms with van der Waals surface area (Å²) in [4.78, 5) is 1.43. The van der Waals surface area contributed by atoms with E-state index in [2.05, 4.69) is 43.6 Å². The molecule has 1 aromatic rings. The van der Waals surface area contributed by atoms with Crippen molar-refractivity contribution in [3.05, 3.63) is 28.0 Å². The fourth-order valence-corrected chi connectivity index (χ4v) is 2.37. The molecule has 0 saturated carbocycles. The summed E-state index contributed by atoms with van der Waals surface area (Å²) in [5, 5.41) is 5.48. The molecule has 0 aromatic carbocycles. The van der Waals surface area contributed by atoms with Gasteiger partial charge in [-0.25, -0.2) is 0 Å².